The largest absolute Gasteiger partial charge is 0.466 e. The van der Waals surface area contributed by atoms with Crippen molar-refractivity contribution in [1.82, 2.24) is 0 Å². The maximum Gasteiger partial charge on any atom is 0.305 e. The van der Waals surface area contributed by atoms with Gasteiger partial charge in [0.15, 0.2) is 0 Å². The lowest BCUT2D eigenvalue weighted by molar-refractivity contribution is -0.143. The molecular weight excluding hydrogens is 220 g/mol. The summed E-state index contributed by atoms with van der Waals surface area (Å²) >= 11 is 0. The van der Waals surface area contributed by atoms with Crippen LogP contribution in [-0.2, 0) is 9.53 Å². The minimum atomic E-state index is -0.557. The Balaban J connectivity index is 3.11. The smallest absolute Gasteiger partial charge is 0.305 e. The van der Waals surface area contributed by atoms with Gasteiger partial charge in [-0.3, -0.25) is 4.79 Å². The summed E-state index contributed by atoms with van der Waals surface area (Å²) in [5.41, 5.74) is 0. The average molecular weight is 246 g/mol. The monoisotopic (exact) mass is 246 g/mol. The minimum absolute atomic E-state index is 0.0985. The van der Waals surface area contributed by atoms with Gasteiger partial charge < -0.3 is 14.9 Å². The first-order valence-corrected chi connectivity index (χ1v) is 6.65. The van der Waals surface area contributed by atoms with Crippen LogP contribution >= 0.6 is 0 Å². The Kier molecular flexibility index (Phi) is 11.4. The molecule has 0 amide bonds. The summed E-state index contributed by atoms with van der Waals surface area (Å²) in [4.78, 5) is 11.0. The number of ether oxygens (including phenoxy) is 1. The number of hydrogen-bond donors (Lipinski definition) is 2. The summed E-state index contributed by atoms with van der Waals surface area (Å²) in [6, 6.07) is 0. The van der Waals surface area contributed by atoms with Crippen molar-refractivity contribution in [2.24, 2.45) is 0 Å². The van der Waals surface area contributed by atoms with Crippen molar-refractivity contribution < 1.29 is 19.7 Å². The SMILES string of the molecule is CCOC(=O)CCCCCCCC[C@@H](O)CO. The third kappa shape index (κ3) is 11.6. The molecule has 0 bridgehead atoms. The molecule has 0 aliphatic heterocycles. The van der Waals surface area contributed by atoms with Gasteiger partial charge in [-0.1, -0.05) is 32.1 Å². The van der Waals surface area contributed by atoms with Crippen LogP contribution in [0.25, 0.3) is 0 Å². The first-order chi connectivity index (χ1) is 8.20. The van der Waals surface area contributed by atoms with E-state index in [0.717, 1.165) is 38.5 Å². The Morgan fingerprint density at radius 1 is 1.12 bits per heavy atom. The summed E-state index contributed by atoms with van der Waals surface area (Å²) < 4.78 is 4.84. The number of aliphatic hydroxyl groups excluding tert-OH is 2. The Hall–Kier alpha value is -0.610. The zero-order chi connectivity index (χ0) is 12.9. The van der Waals surface area contributed by atoms with Crippen molar-refractivity contribution in [3.05, 3.63) is 0 Å². The molecule has 0 aliphatic carbocycles. The zero-order valence-corrected chi connectivity index (χ0v) is 10.9. The molecule has 0 heterocycles. The summed E-state index contributed by atoms with van der Waals surface area (Å²) in [7, 11) is 0. The molecule has 4 nitrogen and oxygen atoms in total. The van der Waals surface area contributed by atoms with Crippen molar-refractivity contribution in [2.45, 2.75) is 64.4 Å². The molecule has 102 valence electrons. The van der Waals surface area contributed by atoms with E-state index in [2.05, 4.69) is 0 Å². The van der Waals surface area contributed by atoms with E-state index < -0.39 is 6.10 Å². The predicted octanol–water partition coefficient (Wildman–Crippen LogP) is 2.02. The van der Waals surface area contributed by atoms with Crippen molar-refractivity contribution >= 4 is 5.97 Å². The topological polar surface area (TPSA) is 66.8 Å². The summed E-state index contributed by atoms with van der Waals surface area (Å²) in [6.45, 7) is 2.14. The number of hydrogen-bond acceptors (Lipinski definition) is 4. The molecule has 0 radical (unpaired) electrons. The molecule has 0 unspecified atom stereocenters. The molecule has 0 aromatic heterocycles. The van der Waals surface area contributed by atoms with E-state index in [1.54, 1.807) is 0 Å². The van der Waals surface area contributed by atoms with Crippen LogP contribution in [0.3, 0.4) is 0 Å². The highest BCUT2D eigenvalue weighted by atomic mass is 16.5. The van der Waals surface area contributed by atoms with Crippen molar-refractivity contribution in [2.75, 3.05) is 13.2 Å². The van der Waals surface area contributed by atoms with Crippen LogP contribution in [-0.4, -0.2) is 35.5 Å². The van der Waals surface area contributed by atoms with Gasteiger partial charge in [0.25, 0.3) is 0 Å². The number of rotatable bonds is 11. The van der Waals surface area contributed by atoms with Crippen LogP contribution in [0.2, 0.25) is 0 Å². The summed E-state index contributed by atoms with van der Waals surface area (Å²) in [5, 5.41) is 17.7. The lowest BCUT2D eigenvalue weighted by Crippen LogP contribution is -2.10. The zero-order valence-electron chi connectivity index (χ0n) is 10.9. The predicted molar refractivity (Wildman–Crippen MR) is 66.7 cm³/mol. The minimum Gasteiger partial charge on any atom is -0.466 e. The molecule has 0 fully saturated rings. The summed E-state index contributed by atoms with van der Waals surface area (Å²) in [5.74, 6) is -0.0985. The molecule has 4 heteroatoms. The van der Waals surface area contributed by atoms with Gasteiger partial charge in [0, 0.05) is 6.42 Å². The van der Waals surface area contributed by atoms with Crippen LogP contribution in [0, 0.1) is 0 Å². The molecule has 0 aliphatic rings. The maximum absolute atomic E-state index is 11.0. The van der Waals surface area contributed by atoms with Gasteiger partial charge >= 0.3 is 5.97 Å². The van der Waals surface area contributed by atoms with E-state index in [1.807, 2.05) is 6.92 Å². The molecule has 2 N–H and O–H groups in total. The van der Waals surface area contributed by atoms with E-state index in [4.69, 9.17) is 14.9 Å². The molecule has 0 spiro atoms. The van der Waals surface area contributed by atoms with Gasteiger partial charge in [0.05, 0.1) is 19.3 Å². The Bertz CT molecular complexity index is 182. The second kappa shape index (κ2) is 11.9. The Morgan fingerprint density at radius 2 is 1.71 bits per heavy atom. The molecule has 0 rings (SSSR count). The number of esters is 1. The number of carbonyl (C=O) groups excluding carboxylic acids is 1. The second-order valence-corrected chi connectivity index (χ2v) is 4.30. The van der Waals surface area contributed by atoms with E-state index in [0.29, 0.717) is 19.4 Å². The fourth-order valence-electron chi connectivity index (χ4n) is 1.68. The fourth-order valence-corrected chi connectivity index (χ4v) is 1.68. The van der Waals surface area contributed by atoms with Crippen LogP contribution in [0.15, 0.2) is 0 Å². The molecule has 0 saturated carbocycles. The van der Waals surface area contributed by atoms with Gasteiger partial charge in [0.1, 0.15) is 0 Å². The lowest BCUT2D eigenvalue weighted by atomic mass is 10.1. The molecule has 0 aromatic carbocycles. The molecule has 1 atom stereocenters. The van der Waals surface area contributed by atoms with Crippen molar-refractivity contribution in [1.29, 1.82) is 0 Å². The van der Waals surface area contributed by atoms with Crippen LogP contribution in [0.1, 0.15) is 58.3 Å². The third-order valence-electron chi connectivity index (χ3n) is 2.68. The first kappa shape index (κ1) is 16.4. The molecule has 0 saturated heterocycles. The maximum atomic E-state index is 11.0. The summed E-state index contributed by atoms with van der Waals surface area (Å²) in [6.07, 6.45) is 6.89. The van der Waals surface area contributed by atoms with Crippen LogP contribution in [0.4, 0.5) is 0 Å². The van der Waals surface area contributed by atoms with Crippen LogP contribution in [0.5, 0.6) is 0 Å². The van der Waals surface area contributed by atoms with Gasteiger partial charge in [-0.15, -0.1) is 0 Å². The standard InChI is InChI=1S/C13H26O4/c1-2-17-13(16)10-8-6-4-3-5-7-9-12(15)11-14/h12,14-15H,2-11H2,1H3/t12-/m1/s1. The number of carbonyl (C=O) groups is 1. The first-order valence-electron chi connectivity index (χ1n) is 6.65. The van der Waals surface area contributed by atoms with E-state index >= 15 is 0 Å². The normalized spacial score (nSPS) is 12.4. The number of aliphatic hydroxyl groups is 2. The van der Waals surface area contributed by atoms with Crippen molar-refractivity contribution in [3.63, 3.8) is 0 Å². The highest BCUT2D eigenvalue weighted by Gasteiger charge is 2.02. The second-order valence-electron chi connectivity index (χ2n) is 4.30. The lowest BCUT2D eigenvalue weighted by Gasteiger charge is -2.06. The van der Waals surface area contributed by atoms with Gasteiger partial charge in [-0.25, -0.2) is 0 Å². The third-order valence-corrected chi connectivity index (χ3v) is 2.68. The van der Waals surface area contributed by atoms with Gasteiger partial charge in [0.2, 0.25) is 0 Å². The molecule has 0 aromatic rings. The molecule has 17 heavy (non-hydrogen) atoms. The van der Waals surface area contributed by atoms with E-state index in [-0.39, 0.29) is 12.6 Å². The Morgan fingerprint density at radius 3 is 2.29 bits per heavy atom. The highest BCUT2D eigenvalue weighted by Crippen LogP contribution is 2.10. The van der Waals surface area contributed by atoms with E-state index in [9.17, 15) is 4.79 Å². The Labute approximate surface area is 104 Å². The van der Waals surface area contributed by atoms with Gasteiger partial charge in [-0.2, -0.15) is 0 Å². The molecular formula is C13H26O4. The number of unbranched alkanes of at least 4 members (excludes halogenated alkanes) is 5. The average Bonchev–Trinajstić information content (AvgIpc) is 2.32. The van der Waals surface area contributed by atoms with E-state index in [1.165, 1.54) is 0 Å². The van der Waals surface area contributed by atoms with Crippen LogP contribution < -0.4 is 0 Å². The van der Waals surface area contributed by atoms with Crippen molar-refractivity contribution in [3.8, 4) is 0 Å². The van der Waals surface area contributed by atoms with Gasteiger partial charge in [-0.05, 0) is 19.8 Å². The fraction of sp³-hybridized carbons (Fsp3) is 0.923. The quantitative estimate of drug-likeness (QED) is 0.432. The highest BCUT2D eigenvalue weighted by molar-refractivity contribution is 5.69.